The van der Waals surface area contributed by atoms with E-state index in [4.69, 9.17) is 5.11 Å². The van der Waals surface area contributed by atoms with Crippen molar-refractivity contribution in [2.45, 2.75) is 6.43 Å². The molecule has 23 heavy (non-hydrogen) atoms. The number of carboxylic acid groups (broad SMARTS) is 1. The molecule has 0 aliphatic carbocycles. The number of nitrogens with one attached hydrogen (secondary N) is 1. The zero-order valence-electron chi connectivity index (χ0n) is 11.9. The minimum atomic E-state index is -3.78. The number of anilines is 1. The molecule has 2 heterocycles. The van der Waals surface area contributed by atoms with Crippen LogP contribution in [0.15, 0.2) is 12.1 Å². The first-order valence-electron chi connectivity index (χ1n) is 6.00. The Morgan fingerprint density at radius 3 is 2.57 bits per heavy atom. The fraction of sp³-hybridized carbons (Fsp3) is 0.273. The van der Waals surface area contributed by atoms with Crippen LogP contribution in [0, 0.1) is 0 Å². The van der Waals surface area contributed by atoms with E-state index in [0.717, 1.165) is 17.0 Å². The number of aromatic carboxylic acids is 1. The average Bonchev–Trinajstić information content (AvgIpc) is 2.79. The van der Waals surface area contributed by atoms with Crippen molar-refractivity contribution >= 4 is 21.7 Å². The molecule has 2 N–H and O–H groups in total. The minimum absolute atomic E-state index is 0.162. The third-order valence-electron chi connectivity index (χ3n) is 2.70. The standard InChI is InChI=1S/C11H11F2N5O4S/c1-18-9(11(19)20)7(15-17-18)5-3-4-6(16-23(2,21)22)8(14-5)10(12)13/h3-4,10,16H,1-2H3,(H,19,20). The van der Waals surface area contributed by atoms with Gasteiger partial charge in [0.25, 0.3) is 6.43 Å². The van der Waals surface area contributed by atoms with E-state index >= 15 is 0 Å². The number of hydrogen-bond acceptors (Lipinski definition) is 6. The van der Waals surface area contributed by atoms with Gasteiger partial charge in [-0.15, -0.1) is 5.10 Å². The number of alkyl halides is 2. The van der Waals surface area contributed by atoms with Crippen LogP contribution in [0.4, 0.5) is 14.5 Å². The van der Waals surface area contributed by atoms with Gasteiger partial charge in [-0.05, 0) is 12.1 Å². The lowest BCUT2D eigenvalue weighted by Gasteiger charge is -2.10. The van der Waals surface area contributed by atoms with Crippen molar-refractivity contribution in [2.24, 2.45) is 7.05 Å². The summed E-state index contributed by atoms with van der Waals surface area (Å²) in [7, 11) is -2.45. The highest BCUT2D eigenvalue weighted by Gasteiger charge is 2.24. The molecule has 0 amide bonds. The van der Waals surface area contributed by atoms with E-state index in [1.165, 1.54) is 13.1 Å². The number of aryl methyl sites for hydroxylation is 1. The molecule has 0 unspecified atom stereocenters. The van der Waals surface area contributed by atoms with E-state index in [2.05, 4.69) is 15.3 Å². The predicted molar refractivity (Wildman–Crippen MR) is 74.6 cm³/mol. The fourth-order valence-corrected chi connectivity index (χ4v) is 2.40. The van der Waals surface area contributed by atoms with Gasteiger partial charge in [-0.25, -0.2) is 31.7 Å². The summed E-state index contributed by atoms with van der Waals surface area (Å²) in [6.45, 7) is 0. The van der Waals surface area contributed by atoms with Crippen LogP contribution in [0.2, 0.25) is 0 Å². The zero-order valence-corrected chi connectivity index (χ0v) is 12.7. The van der Waals surface area contributed by atoms with Crippen LogP contribution in [0.3, 0.4) is 0 Å². The summed E-state index contributed by atoms with van der Waals surface area (Å²) in [6.07, 6.45) is -2.27. The maximum Gasteiger partial charge on any atom is 0.356 e. The number of carbonyl (C=O) groups is 1. The molecule has 2 aromatic heterocycles. The molecule has 0 atom stereocenters. The van der Waals surface area contributed by atoms with Crippen LogP contribution in [0.5, 0.6) is 0 Å². The van der Waals surface area contributed by atoms with E-state index in [0.29, 0.717) is 0 Å². The molecule has 2 rings (SSSR count). The molecule has 0 fully saturated rings. The number of carboxylic acids is 1. The Hall–Kier alpha value is -2.63. The molecule has 0 bridgehead atoms. The molecule has 0 radical (unpaired) electrons. The molecule has 0 saturated carbocycles. The second-order valence-electron chi connectivity index (χ2n) is 4.52. The summed E-state index contributed by atoms with van der Waals surface area (Å²) in [4.78, 5) is 14.8. The van der Waals surface area contributed by atoms with Gasteiger partial charge in [-0.1, -0.05) is 5.21 Å². The monoisotopic (exact) mass is 347 g/mol. The summed E-state index contributed by atoms with van der Waals surface area (Å²) < 4.78 is 51.5. The number of aromatic nitrogens is 4. The molecule has 0 aromatic carbocycles. The Bertz CT molecular complexity index is 865. The van der Waals surface area contributed by atoms with Crippen molar-refractivity contribution < 1.29 is 27.1 Å². The summed E-state index contributed by atoms with van der Waals surface area (Å²) in [5, 5.41) is 16.2. The topological polar surface area (TPSA) is 127 Å². The van der Waals surface area contributed by atoms with Gasteiger partial charge in [0.15, 0.2) is 5.69 Å². The maximum atomic E-state index is 13.1. The first kappa shape index (κ1) is 16.7. The van der Waals surface area contributed by atoms with Crippen molar-refractivity contribution in [1.29, 1.82) is 0 Å². The quantitative estimate of drug-likeness (QED) is 0.822. The number of pyridine rings is 1. The van der Waals surface area contributed by atoms with Gasteiger partial charge in [-0.3, -0.25) is 4.72 Å². The Morgan fingerprint density at radius 2 is 2.04 bits per heavy atom. The van der Waals surface area contributed by atoms with Gasteiger partial charge in [0.05, 0.1) is 17.6 Å². The molecule has 2 aromatic rings. The normalized spacial score (nSPS) is 11.7. The van der Waals surface area contributed by atoms with E-state index in [-0.39, 0.29) is 17.1 Å². The second-order valence-corrected chi connectivity index (χ2v) is 6.27. The molecule has 0 spiro atoms. The van der Waals surface area contributed by atoms with Crippen LogP contribution < -0.4 is 4.72 Å². The molecule has 0 aliphatic rings. The number of hydrogen-bond donors (Lipinski definition) is 2. The van der Waals surface area contributed by atoms with Gasteiger partial charge in [0.2, 0.25) is 10.0 Å². The largest absolute Gasteiger partial charge is 0.476 e. The Morgan fingerprint density at radius 1 is 1.39 bits per heavy atom. The number of sulfonamides is 1. The van der Waals surface area contributed by atoms with Crippen LogP contribution in [0.25, 0.3) is 11.4 Å². The average molecular weight is 347 g/mol. The van der Waals surface area contributed by atoms with E-state index < -0.39 is 33.8 Å². The van der Waals surface area contributed by atoms with E-state index in [1.807, 2.05) is 4.72 Å². The van der Waals surface area contributed by atoms with Gasteiger partial charge < -0.3 is 5.11 Å². The van der Waals surface area contributed by atoms with Crippen LogP contribution in [-0.2, 0) is 17.1 Å². The third kappa shape index (κ3) is 3.59. The third-order valence-corrected chi connectivity index (χ3v) is 3.29. The molecule has 9 nitrogen and oxygen atoms in total. The summed E-state index contributed by atoms with van der Waals surface area (Å²) in [6, 6.07) is 2.24. The van der Waals surface area contributed by atoms with Gasteiger partial charge in [-0.2, -0.15) is 0 Å². The smallest absolute Gasteiger partial charge is 0.356 e. The van der Waals surface area contributed by atoms with Crippen molar-refractivity contribution in [1.82, 2.24) is 20.0 Å². The summed E-state index contributed by atoms with van der Waals surface area (Å²) in [5.74, 6) is -1.36. The maximum absolute atomic E-state index is 13.1. The van der Waals surface area contributed by atoms with Crippen molar-refractivity contribution in [3.63, 3.8) is 0 Å². The first-order valence-corrected chi connectivity index (χ1v) is 7.89. The zero-order chi connectivity index (χ0) is 17.4. The minimum Gasteiger partial charge on any atom is -0.476 e. The molecule has 124 valence electrons. The highest BCUT2D eigenvalue weighted by Crippen LogP contribution is 2.29. The lowest BCUT2D eigenvalue weighted by Crippen LogP contribution is -2.13. The number of rotatable bonds is 5. The number of nitrogens with zero attached hydrogens (tertiary/aromatic N) is 4. The van der Waals surface area contributed by atoms with Crippen molar-refractivity contribution in [3.05, 3.63) is 23.5 Å². The lowest BCUT2D eigenvalue weighted by molar-refractivity contribution is 0.0686. The first-order chi connectivity index (χ1) is 10.6. The van der Waals surface area contributed by atoms with Gasteiger partial charge >= 0.3 is 5.97 Å². The van der Waals surface area contributed by atoms with Crippen LogP contribution in [0.1, 0.15) is 22.6 Å². The SMILES string of the molecule is Cn1nnc(-c2ccc(NS(C)(=O)=O)c(C(F)F)n2)c1C(=O)O. The molecule has 0 saturated heterocycles. The van der Waals surface area contributed by atoms with Crippen molar-refractivity contribution in [2.75, 3.05) is 11.0 Å². The van der Waals surface area contributed by atoms with E-state index in [9.17, 15) is 22.0 Å². The number of halogens is 2. The Labute approximate surface area is 129 Å². The summed E-state index contributed by atoms with van der Waals surface area (Å²) >= 11 is 0. The van der Waals surface area contributed by atoms with Gasteiger partial charge in [0, 0.05) is 7.05 Å². The predicted octanol–water partition coefficient (Wildman–Crippen LogP) is 0.884. The Kier molecular flexibility index (Phi) is 4.27. The molecular weight excluding hydrogens is 336 g/mol. The fourth-order valence-electron chi connectivity index (χ4n) is 1.83. The molecule has 12 heteroatoms. The van der Waals surface area contributed by atoms with Crippen LogP contribution in [-0.4, -0.2) is 45.7 Å². The van der Waals surface area contributed by atoms with E-state index in [1.54, 1.807) is 0 Å². The van der Waals surface area contributed by atoms with Gasteiger partial charge in [0.1, 0.15) is 11.4 Å². The summed E-state index contributed by atoms with van der Waals surface area (Å²) in [5.41, 5.74) is -1.93. The van der Waals surface area contributed by atoms with Crippen LogP contribution >= 0.6 is 0 Å². The lowest BCUT2D eigenvalue weighted by atomic mass is 10.2. The second kappa shape index (κ2) is 5.87. The molecular formula is C11H11F2N5O4S. The van der Waals surface area contributed by atoms with Crippen molar-refractivity contribution in [3.8, 4) is 11.4 Å². The Balaban J connectivity index is 2.59. The molecule has 0 aliphatic heterocycles. The highest BCUT2D eigenvalue weighted by molar-refractivity contribution is 7.92. The highest BCUT2D eigenvalue weighted by atomic mass is 32.2.